The molecule has 2 heterocycles. The molecule has 0 saturated carbocycles. The summed E-state index contributed by atoms with van der Waals surface area (Å²) in [5.41, 5.74) is 1.61. The number of aromatic amines is 1. The van der Waals surface area contributed by atoms with E-state index in [0.717, 1.165) is 18.6 Å². The summed E-state index contributed by atoms with van der Waals surface area (Å²) in [6, 6.07) is 12.2. The van der Waals surface area contributed by atoms with Gasteiger partial charge < -0.3 is 4.74 Å². The van der Waals surface area contributed by atoms with Crippen molar-refractivity contribution in [3.8, 4) is 17.0 Å². The van der Waals surface area contributed by atoms with Gasteiger partial charge in [-0.25, -0.2) is 4.90 Å². The Morgan fingerprint density at radius 1 is 1.21 bits per heavy atom. The van der Waals surface area contributed by atoms with Crippen LogP contribution in [0.3, 0.4) is 0 Å². The van der Waals surface area contributed by atoms with Gasteiger partial charge in [-0.15, -0.1) is 0 Å². The molecular weight excluding hydrogens is 476 g/mol. The minimum Gasteiger partial charge on any atom is -0.425 e. The monoisotopic (exact) mass is 499 g/mol. The molecule has 0 bridgehead atoms. The van der Waals surface area contributed by atoms with Gasteiger partial charge in [0.15, 0.2) is 0 Å². The summed E-state index contributed by atoms with van der Waals surface area (Å²) in [4.78, 5) is 42.3. The first kappa shape index (κ1) is 24.0. The summed E-state index contributed by atoms with van der Waals surface area (Å²) >= 11 is 8.13. The van der Waals surface area contributed by atoms with Gasteiger partial charge in [-0.3, -0.25) is 19.4 Å². The van der Waals surface area contributed by atoms with E-state index in [0.29, 0.717) is 27.7 Å². The molecule has 3 aromatic rings. The van der Waals surface area contributed by atoms with Crippen molar-refractivity contribution >= 4 is 40.9 Å². The number of halogens is 1. The first-order chi connectivity index (χ1) is 16.3. The topological polar surface area (TPSA) is 96.2 Å². The predicted octanol–water partition coefficient (Wildman–Crippen LogP) is 4.11. The van der Waals surface area contributed by atoms with Gasteiger partial charge in [0.2, 0.25) is 11.1 Å². The van der Waals surface area contributed by atoms with Crippen LogP contribution in [0.4, 0.5) is 5.69 Å². The number of hydrogen-bond donors (Lipinski definition) is 1. The SMILES string of the molecule is CCCCSc1n[n+]2c(c(=O)[nH]1)-c1ccccc1N(C(C)=O)C2c1cccc(OC(C)=O)c1Cl. The van der Waals surface area contributed by atoms with Gasteiger partial charge in [0.05, 0.1) is 21.8 Å². The molecule has 1 atom stereocenters. The lowest BCUT2D eigenvalue weighted by molar-refractivity contribution is -0.763. The highest BCUT2D eigenvalue weighted by molar-refractivity contribution is 7.99. The second-order valence-electron chi connectivity index (χ2n) is 7.79. The fraction of sp³-hybridized carbons (Fsp3) is 0.292. The molecule has 10 heteroatoms. The zero-order valence-corrected chi connectivity index (χ0v) is 20.6. The lowest BCUT2D eigenvalue weighted by Crippen LogP contribution is -2.60. The van der Waals surface area contributed by atoms with Crippen LogP contribution >= 0.6 is 23.4 Å². The minimum atomic E-state index is -0.863. The van der Waals surface area contributed by atoms with Crippen molar-refractivity contribution in [3.63, 3.8) is 0 Å². The van der Waals surface area contributed by atoms with Crippen LogP contribution in [0.5, 0.6) is 5.75 Å². The molecule has 1 aliphatic heterocycles. The fourth-order valence-electron chi connectivity index (χ4n) is 3.93. The molecule has 34 heavy (non-hydrogen) atoms. The van der Waals surface area contributed by atoms with E-state index >= 15 is 0 Å². The Bertz CT molecular complexity index is 1330. The number of para-hydroxylation sites is 1. The number of aromatic nitrogens is 3. The Morgan fingerprint density at radius 2 is 1.97 bits per heavy atom. The third kappa shape index (κ3) is 4.45. The van der Waals surface area contributed by atoms with E-state index in [1.807, 2.05) is 0 Å². The van der Waals surface area contributed by atoms with Gasteiger partial charge in [0, 0.05) is 24.7 Å². The molecule has 1 amide bonds. The number of carbonyl (C=O) groups excluding carboxylic acids is 2. The number of fused-ring (bicyclic) bond motifs is 3. The van der Waals surface area contributed by atoms with Crippen LogP contribution in [-0.2, 0) is 9.59 Å². The van der Waals surface area contributed by atoms with Crippen molar-refractivity contribution in [1.82, 2.24) is 10.1 Å². The Balaban J connectivity index is 1.99. The highest BCUT2D eigenvalue weighted by Gasteiger charge is 2.46. The summed E-state index contributed by atoms with van der Waals surface area (Å²) in [7, 11) is 0. The number of nitrogens with zero attached hydrogens (tertiary/aromatic N) is 3. The van der Waals surface area contributed by atoms with Crippen molar-refractivity contribution in [3.05, 3.63) is 63.4 Å². The average Bonchev–Trinajstić information content (AvgIpc) is 2.79. The first-order valence-electron chi connectivity index (χ1n) is 10.9. The quantitative estimate of drug-likeness (QED) is 0.180. The van der Waals surface area contributed by atoms with Crippen LogP contribution in [-0.4, -0.2) is 27.7 Å². The second kappa shape index (κ2) is 9.99. The van der Waals surface area contributed by atoms with Gasteiger partial charge in [0.1, 0.15) is 5.75 Å². The maximum atomic E-state index is 13.3. The minimum absolute atomic E-state index is 0.161. The van der Waals surface area contributed by atoms with E-state index in [2.05, 4.69) is 11.9 Å². The van der Waals surface area contributed by atoms with E-state index in [-0.39, 0.29) is 22.2 Å². The van der Waals surface area contributed by atoms with E-state index in [1.54, 1.807) is 47.4 Å². The highest BCUT2D eigenvalue weighted by atomic mass is 35.5. The first-order valence-corrected chi connectivity index (χ1v) is 12.2. The number of unbranched alkanes of at least 4 members (excludes halogenated alkanes) is 1. The van der Waals surface area contributed by atoms with E-state index in [9.17, 15) is 14.4 Å². The van der Waals surface area contributed by atoms with Crippen molar-refractivity contribution in [2.24, 2.45) is 0 Å². The number of rotatable bonds is 6. The van der Waals surface area contributed by atoms with Gasteiger partial charge in [-0.05, 0) is 35.4 Å². The summed E-state index contributed by atoms with van der Waals surface area (Å²) in [6.07, 6.45) is 1.12. The van der Waals surface area contributed by atoms with Crippen molar-refractivity contribution in [2.45, 2.75) is 44.9 Å². The number of esters is 1. The molecule has 0 aliphatic carbocycles. The zero-order chi connectivity index (χ0) is 24.4. The van der Waals surface area contributed by atoms with Gasteiger partial charge in [-0.1, -0.05) is 54.9 Å². The van der Waals surface area contributed by atoms with E-state index < -0.39 is 12.1 Å². The van der Waals surface area contributed by atoms with Crippen molar-refractivity contribution in [1.29, 1.82) is 0 Å². The number of thioether (sulfide) groups is 1. The van der Waals surface area contributed by atoms with Crippen molar-refractivity contribution in [2.75, 3.05) is 10.7 Å². The molecule has 0 fully saturated rings. The Morgan fingerprint density at radius 3 is 2.68 bits per heavy atom. The Kier molecular flexibility index (Phi) is 7.04. The molecular formula is C24H24ClN4O4S+. The largest absolute Gasteiger partial charge is 0.425 e. The Hall–Kier alpha value is -3.17. The number of anilines is 1. The molecule has 2 aromatic carbocycles. The van der Waals surface area contributed by atoms with Crippen LogP contribution in [0.25, 0.3) is 11.3 Å². The standard InChI is InChI=1S/C24H23ClN4O4S/c1-4-5-13-34-24-26-22(32)21-16-9-6-7-11-18(16)28(14(2)30)23(29(21)27-24)17-10-8-12-19(20(17)25)33-15(3)31/h6-12,23H,4-5,13H2,1-3H3/p+1. The molecule has 8 nitrogen and oxygen atoms in total. The lowest BCUT2D eigenvalue weighted by Gasteiger charge is -2.31. The maximum Gasteiger partial charge on any atom is 0.325 e. The van der Waals surface area contributed by atoms with Gasteiger partial charge >= 0.3 is 17.2 Å². The van der Waals surface area contributed by atoms with Gasteiger partial charge in [0.25, 0.3) is 6.17 Å². The van der Waals surface area contributed by atoms with Crippen molar-refractivity contribution < 1.29 is 19.0 Å². The maximum absolute atomic E-state index is 13.3. The average molecular weight is 500 g/mol. The molecule has 1 aromatic heterocycles. The van der Waals surface area contributed by atoms with E-state index in [4.69, 9.17) is 21.4 Å². The third-order valence-electron chi connectivity index (χ3n) is 5.36. The smallest absolute Gasteiger partial charge is 0.325 e. The summed E-state index contributed by atoms with van der Waals surface area (Å²) in [5, 5.41) is 5.34. The third-order valence-corrected chi connectivity index (χ3v) is 6.71. The number of hydrogen-bond acceptors (Lipinski definition) is 6. The van der Waals surface area contributed by atoms with Crippen LogP contribution in [0.2, 0.25) is 5.02 Å². The number of ether oxygens (including phenoxy) is 1. The van der Waals surface area contributed by atoms with Crippen LogP contribution in [0, 0.1) is 0 Å². The fourth-order valence-corrected chi connectivity index (χ4v) is 5.13. The molecule has 1 unspecified atom stereocenters. The molecule has 4 rings (SSSR count). The van der Waals surface area contributed by atoms with Crippen LogP contribution in [0.1, 0.15) is 45.3 Å². The molecule has 0 radical (unpaired) electrons. The number of nitrogens with one attached hydrogen (secondary N) is 1. The Labute approximate surface area is 205 Å². The highest BCUT2D eigenvalue weighted by Crippen LogP contribution is 2.41. The van der Waals surface area contributed by atoms with E-state index in [1.165, 1.54) is 30.3 Å². The molecule has 1 N–H and O–H groups in total. The molecule has 176 valence electrons. The normalized spacial score (nSPS) is 14.4. The summed E-state index contributed by atoms with van der Waals surface area (Å²) in [6.45, 7) is 4.82. The van der Waals surface area contributed by atoms with Gasteiger partial charge in [-0.2, -0.15) is 0 Å². The number of H-pyrrole nitrogens is 1. The number of benzene rings is 2. The lowest BCUT2D eigenvalue weighted by atomic mass is 10.0. The van der Waals surface area contributed by atoms with Crippen LogP contribution < -0.4 is 19.9 Å². The second-order valence-corrected chi connectivity index (χ2v) is 9.25. The zero-order valence-electron chi connectivity index (χ0n) is 19.0. The van der Waals surface area contributed by atoms with Crippen LogP contribution in [0.15, 0.2) is 52.4 Å². The predicted molar refractivity (Wildman–Crippen MR) is 130 cm³/mol. The summed E-state index contributed by atoms with van der Waals surface area (Å²) in [5.74, 6) is 0.179. The molecule has 0 saturated heterocycles. The number of amides is 1. The molecule has 0 spiro atoms. The number of carbonyl (C=O) groups is 2. The summed E-state index contributed by atoms with van der Waals surface area (Å²) < 4.78 is 6.80. The molecule has 1 aliphatic rings.